The first-order chi connectivity index (χ1) is 13.7. The monoisotopic (exact) mass is 391 g/mol. The van der Waals surface area contributed by atoms with Gasteiger partial charge in [0.1, 0.15) is 17.0 Å². The first kappa shape index (κ1) is 17.2. The average molecular weight is 392 g/mol. The predicted molar refractivity (Wildman–Crippen MR) is 113 cm³/mol. The molecule has 1 amide bonds. The molecule has 0 bridgehead atoms. The molecule has 3 N–H and O–H groups in total. The number of aromatic amines is 1. The summed E-state index contributed by atoms with van der Waals surface area (Å²) >= 11 is 1.44. The number of benzene rings is 1. The Morgan fingerprint density at radius 1 is 1.29 bits per heavy atom. The first-order valence-electron chi connectivity index (χ1n) is 9.54. The number of hydrogen-bond donors (Lipinski definition) is 3. The highest BCUT2D eigenvalue weighted by Crippen LogP contribution is 2.34. The molecule has 3 aromatic heterocycles. The van der Waals surface area contributed by atoms with Gasteiger partial charge in [-0.05, 0) is 43.4 Å². The zero-order valence-corrected chi connectivity index (χ0v) is 16.4. The van der Waals surface area contributed by atoms with Gasteiger partial charge in [0.15, 0.2) is 0 Å². The number of H-pyrrole nitrogens is 1. The summed E-state index contributed by atoms with van der Waals surface area (Å²) in [6.45, 7) is 2.74. The van der Waals surface area contributed by atoms with Crippen molar-refractivity contribution in [3.63, 3.8) is 0 Å². The number of nitrogens with one attached hydrogen (secondary N) is 3. The van der Waals surface area contributed by atoms with E-state index in [4.69, 9.17) is 0 Å². The molecular weight excluding hydrogens is 370 g/mol. The summed E-state index contributed by atoms with van der Waals surface area (Å²) in [4.78, 5) is 26.2. The van der Waals surface area contributed by atoms with E-state index in [1.54, 1.807) is 6.33 Å². The molecule has 1 saturated carbocycles. The SMILES string of the molecule is Cc1c(C(=O)NC2CC2)sc2ncnc(NCCc3c[nH]c4ccccc34)c12. The highest BCUT2D eigenvalue weighted by Gasteiger charge is 2.26. The normalized spacial score (nSPS) is 13.9. The van der Waals surface area contributed by atoms with Crippen LogP contribution >= 0.6 is 11.3 Å². The van der Waals surface area contributed by atoms with Crippen molar-refractivity contribution < 1.29 is 4.79 Å². The van der Waals surface area contributed by atoms with Crippen LogP contribution in [-0.4, -0.2) is 33.4 Å². The number of amides is 1. The zero-order chi connectivity index (χ0) is 19.1. The Morgan fingerprint density at radius 2 is 2.14 bits per heavy atom. The number of fused-ring (bicyclic) bond motifs is 2. The summed E-state index contributed by atoms with van der Waals surface area (Å²) in [5.41, 5.74) is 3.38. The van der Waals surface area contributed by atoms with E-state index in [0.717, 1.165) is 57.8 Å². The van der Waals surface area contributed by atoms with Crippen molar-refractivity contribution in [3.8, 4) is 0 Å². The Bertz CT molecular complexity index is 1170. The summed E-state index contributed by atoms with van der Waals surface area (Å²) in [5.74, 6) is 0.803. The Kier molecular flexibility index (Phi) is 4.24. The smallest absolute Gasteiger partial charge is 0.261 e. The molecule has 142 valence electrons. The fourth-order valence-electron chi connectivity index (χ4n) is 3.55. The van der Waals surface area contributed by atoms with Gasteiger partial charge in [0.25, 0.3) is 5.91 Å². The summed E-state index contributed by atoms with van der Waals surface area (Å²) < 4.78 is 0. The minimum absolute atomic E-state index is 0.00717. The van der Waals surface area contributed by atoms with Crippen LogP contribution in [0.4, 0.5) is 5.82 Å². The molecule has 1 aromatic carbocycles. The lowest BCUT2D eigenvalue weighted by Crippen LogP contribution is -2.25. The van der Waals surface area contributed by atoms with Crippen molar-refractivity contribution in [1.82, 2.24) is 20.3 Å². The molecule has 28 heavy (non-hydrogen) atoms. The Hall–Kier alpha value is -2.93. The van der Waals surface area contributed by atoms with Gasteiger partial charge in [-0.15, -0.1) is 11.3 Å². The molecule has 7 heteroatoms. The minimum Gasteiger partial charge on any atom is -0.369 e. The number of anilines is 1. The van der Waals surface area contributed by atoms with Crippen LogP contribution in [0.15, 0.2) is 36.8 Å². The summed E-state index contributed by atoms with van der Waals surface area (Å²) in [6.07, 6.45) is 6.67. The van der Waals surface area contributed by atoms with Crippen LogP contribution in [0.25, 0.3) is 21.1 Å². The topological polar surface area (TPSA) is 82.7 Å². The molecular formula is C21H21N5OS. The molecule has 6 nitrogen and oxygen atoms in total. The highest BCUT2D eigenvalue weighted by molar-refractivity contribution is 7.20. The van der Waals surface area contributed by atoms with Crippen LogP contribution < -0.4 is 10.6 Å². The lowest BCUT2D eigenvalue weighted by molar-refractivity contribution is 0.0954. The number of rotatable bonds is 6. The molecule has 0 radical (unpaired) electrons. The third kappa shape index (κ3) is 3.11. The lowest BCUT2D eigenvalue weighted by atomic mass is 10.1. The third-order valence-electron chi connectivity index (χ3n) is 5.21. The summed E-state index contributed by atoms with van der Waals surface area (Å²) in [7, 11) is 0. The van der Waals surface area contributed by atoms with Crippen LogP contribution in [0.2, 0.25) is 0 Å². The van der Waals surface area contributed by atoms with E-state index in [1.807, 2.05) is 13.0 Å². The predicted octanol–water partition coefficient (Wildman–Crippen LogP) is 4.03. The van der Waals surface area contributed by atoms with Crippen molar-refractivity contribution in [2.75, 3.05) is 11.9 Å². The Balaban J connectivity index is 1.36. The highest BCUT2D eigenvalue weighted by atomic mass is 32.1. The number of carbonyl (C=O) groups is 1. The maximum atomic E-state index is 12.5. The maximum Gasteiger partial charge on any atom is 0.261 e. The van der Waals surface area contributed by atoms with Crippen LogP contribution in [0, 0.1) is 6.92 Å². The number of nitrogens with zero attached hydrogens (tertiary/aromatic N) is 2. The van der Waals surface area contributed by atoms with Gasteiger partial charge in [-0.1, -0.05) is 18.2 Å². The average Bonchev–Trinajstić information content (AvgIpc) is 3.32. The number of aromatic nitrogens is 3. The summed E-state index contributed by atoms with van der Waals surface area (Å²) in [5, 5.41) is 8.72. The summed E-state index contributed by atoms with van der Waals surface area (Å²) in [6, 6.07) is 8.66. The van der Waals surface area contributed by atoms with Crippen molar-refractivity contribution in [3.05, 3.63) is 52.8 Å². The van der Waals surface area contributed by atoms with Crippen LogP contribution in [0.5, 0.6) is 0 Å². The van der Waals surface area contributed by atoms with Gasteiger partial charge in [-0.2, -0.15) is 0 Å². The van der Waals surface area contributed by atoms with E-state index in [9.17, 15) is 4.79 Å². The number of carbonyl (C=O) groups excluding carboxylic acids is 1. The molecule has 1 aliphatic carbocycles. The van der Waals surface area contributed by atoms with Crippen molar-refractivity contribution in [2.24, 2.45) is 0 Å². The lowest BCUT2D eigenvalue weighted by Gasteiger charge is -2.07. The fraction of sp³-hybridized carbons (Fsp3) is 0.286. The largest absolute Gasteiger partial charge is 0.369 e. The third-order valence-corrected chi connectivity index (χ3v) is 6.41. The molecule has 0 spiro atoms. The quantitative estimate of drug-likeness (QED) is 0.463. The van der Waals surface area contributed by atoms with Gasteiger partial charge in [0, 0.05) is 29.7 Å². The molecule has 1 fully saturated rings. The molecule has 4 aromatic rings. The second-order valence-corrected chi connectivity index (χ2v) is 8.24. The molecule has 1 aliphatic rings. The van der Waals surface area contributed by atoms with Crippen molar-refractivity contribution >= 4 is 44.2 Å². The number of hydrogen-bond acceptors (Lipinski definition) is 5. The second kappa shape index (κ2) is 6.91. The van der Waals surface area contributed by atoms with E-state index >= 15 is 0 Å². The number of aryl methyl sites for hydroxylation is 1. The molecule has 5 rings (SSSR count). The molecule has 0 unspecified atom stereocenters. The minimum atomic E-state index is 0.00717. The van der Waals surface area contributed by atoms with E-state index in [-0.39, 0.29) is 5.91 Å². The zero-order valence-electron chi connectivity index (χ0n) is 15.6. The number of para-hydroxylation sites is 1. The van der Waals surface area contributed by atoms with E-state index in [1.165, 1.54) is 22.3 Å². The van der Waals surface area contributed by atoms with Crippen molar-refractivity contribution in [2.45, 2.75) is 32.2 Å². The van der Waals surface area contributed by atoms with E-state index < -0.39 is 0 Å². The van der Waals surface area contributed by atoms with Crippen LogP contribution in [-0.2, 0) is 6.42 Å². The van der Waals surface area contributed by atoms with Gasteiger partial charge < -0.3 is 15.6 Å². The van der Waals surface area contributed by atoms with Crippen molar-refractivity contribution in [1.29, 1.82) is 0 Å². The van der Waals surface area contributed by atoms with Crippen LogP contribution in [0.1, 0.15) is 33.6 Å². The molecule has 3 heterocycles. The van der Waals surface area contributed by atoms with Gasteiger partial charge >= 0.3 is 0 Å². The first-order valence-corrected chi connectivity index (χ1v) is 10.4. The van der Waals surface area contributed by atoms with E-state index in [0.29, 0.717) is 6.04 Å². The van der Waals surface area contributed by atoms with Gasteiger partial charge in [0.05, 0.1) is 10.3 Å². The van der Waals surface area contributed by atoms with Gasteiger partial charge in [0.2, 0.25) is 0 Å². The molecule has 0 saturated heterocycles. The Labute approximate surface area is 166 Å². The maximum absolute atomic E-state index is 12.5. The number of thiophene rings is 1. The van der Waals surface area contributed by atoms with E-state index in [2.05, 4.69) is 50.0 Å². The standard InChI is InChI=1S/C21H21N5OS/c1-12-17-19(22-9-8-13-10-23-16-5-3-2-4-15(13)16)24-11-25-21(17)28-18(12)20(27)26-14-6-7-14/h2-5,10-11,14,23H,6-9H2,1H3,(H,26,27)(H,22,24,25). The molecule has 0 aliphatic heterocycles. The Morgan fingerprint density at radius 3 is 3.00 bits per heavy atom. The second-order valence-electron chi connectivity index (χ2n) is 7.24. The molecule has 0 atom stereocenters. The van der Waals surface area contributed by atoms with Crippen LogP contribution in [0.3, 0.4) is 0 Å². The van der Waals surface area contributed by atoms with Gasteiger partial charge in [-0.3, -0.25) is 4.79 Å². The van der Waals surface area contributed by atoms with Gasteiger partial charge in [-0.25, -0.2) is 9.97 Å². The fourth-order valence-corrected chi connectivity index (χ4v) is 4.61.